The zero-order valence-electron chi connectivity index (χ0n) is 12.1. The van der Waals surface area contributed by atoms with Crippen molar-refractivity contribution in [3.63, 3.8) is 0 Å². The first-order valence-electron chi connectivity index (χ1n) is 6.97. The molecule has 0 atom stereocenters. The topological polar surface area (TPSA) is 107 Å². The van der Waals surface area contributed by atoms with Crippen LogP contribution in [0.2, 0.25) is 0 Å². The summed E-state index contributed by atoms with van der Waals surface area (Å²) in [7, 11) is 0. The highest BCUT2D eigenvalue weighted by molar-refractivity contribution is 5.95. The van der Waals surface area contributed by atoms with Crippen LogP contribution in [0.15, 0.2) is 53.6 Å². The standard InChI is InChI=1S/C16H14N4O3/c21-14(8-10-9-18-13-6-2-1-4-11(10)13)19-20-16(23)12-5-3-7-17-15(12)22/h1-7,9,18H,8H2,(H,17,22)(H,19,21)(H,20,23). The molecule has 0 aliphatic carbocycles. The Kier molecular flexibility index (Phi) is 3.92. The van der Waals surface area contributed by atoms with E-state index < -0.39 is 11.5 Å². The molecule has 7 nitrogen and oxygen atoms in total. The molecular formula is C16H14N4O3. The van der Waals surface area contributed by atoms with E-state index in [9.17, 15) is 14.4 Å². The summed E-state index contributed by atoms with van der Waals surface area (Å²) in [6.45, 7) is 0. The van der Waals surface area contributed by atoms with E-state index in [4.69, 9.17) is 0 Å². The maximum Gasteiger partial charge on any atom is 0.275 e. The Labute approximate surface area is 130 Å². The quantitative estimate of drug-likeness (QED) is 0.539. The number of H-pyrrole nitrogens is 2. The molecule has 2 amide bonds. The van der Waals surface area contributed by atoms with Gasteiger partial charge in [-0.1, -0.05) is 18.2 Å². The molecule has 0 saturated carbocycles. The number of carbonyl (C=O) groups excluding carboxylic acids is 2. The monoisotopic (exact) mass is 310 g/mol. The highest BCUT2D eigenvalue weighted by Crippen LogP contribution is 2.17. The van der Waals surface area contributed by atoms with E-state index >= 15 is 0 Å². The predicted molar refractivity (Wildman–Crippen MR) is 84.7 cm³/mol. The third-order valence-corrected chi connectivity index (χ3v) is 3.40. The molecule has 1 aromatic carbocycles. The summed E-state index contributed by atoms with van der Waals surface area (Å²) in [5.74, 6) is -1.05. The van der Waals surface area contributed by atoms with Crippen molar-refractivity contribution < 1.29 is 9.59 Å². The molecular weight excluding hydrogens is 296 g/mol. The number of hydrazine groups is 1. The molecule has 23 heavy (non-hydrogen) atoms. The molecule has 2 aromatic heterocycles. The third-order valence-electron chi connectivity index (χ3n) is 3.40. The minimum atomic E-state index is -0.667. The number of para-hydroxylation sites is 1. The van der Waals surface area contributed by atoms with Crippen LogP contribution in [-0.2, 0) is 11.2 Å². The van der Waals surface area contributed by atoms with Gasteiger partial charge < -0.3 is 9.97 Å². The Morgan fingerprint density at radius 3 is 2.65 bits per heavy atom. The fraction of sp³-hybridized carbons (Fsp3) is 0.0625. The second kappa shape index (κ2) is 6.18. The number of amides is 2. The molecule has 0 bridgehead atoms. The van der Waals surface area contributed by atoms with Crippen LogP contribution in [-0.4, -0.2) is 21.8 Å². The average Bonchev–Trinajstić information content (AvgIpc) is 2.96. The normalized spacial score (nSPS) is 10.4. The van der Waals surface area contributed by atoms with Crippen LogP contribution >= 0.6 is 0 Å². The van der Waals surface area contributed by atoms with Crippen molar-refractivity contribution in [1.82, 2.24) is 20.8 Å². The van der Waals surface area contributed by atoms with E-state index in [-0.39, 0.29) is 17.9 Å². The molecule has 4 N–H and O–H groups in total. The van der Waals surface area contributed by atoms with Crippen molar-refractivity contribution in [2.24, 2.45) is 0 Å². The summed E-state index contributed by atoms with van der Waals surface area (Å²) in [5, 5.41) is 0.952. The zero-order valence-corrected chi connectivity index (χ0v) is 12.1. The van der Waals surface area contributed by atoms with Gasteiger partial charge in [-0.05, 0) is 23.8 Å². The third kappa shape index (κ3) is 3.13. The highest BCUT2D eigenvalue weighted by atomic mass is 16.2. The SMILES string of the molecule is O=C(Cc1c[nH]c2ccccc12)NNC(=O)c1ccc[nH]c1=O. The summed E-state index contributed by atoms with van der Waals surface area (Å²) in [4.78, 5) is 40.7. The van der Waals surface area contributed by atoms with Crippen LogP contribution in [0, 0.1) is 0 Å². The van der Waals surface area contributed by atoms with E-state index in [1.54, 1.807) is 6.20 Å². The number of rotatable bonds is 3. The van der Waals surface area contributed by atoms with Gasteiger partial charge >= 0.3 is 0 Å². The van der Waals surface area contributed by atoms with E-state index in [1.165, 1.54) is 18.3 Å². The number of aromatic nitrogens is 2. The molecule has 116 valence electrons. The smallest absolute Gasteiger partial charge is 0.275 e. The fourth-order valence-electron chi connectivity index (χ4n) is 2.29. The molecule has 0 aliphatic heterocycles. The Morgan fingerprint density at radius 2 is 1.83 bits per heavy atom. The van der Waals surface area contributed by atoms with Gasteiger partial charge in [-0.25, -0.2) is 0 Å². The summed E-state index contributed by atoms with van der Waals surface area (Å²) in [6, 6.07) is 10.5. The number of hydrogen-bond donors (Lipinski definition) is 4. The maximum absolute atomic E-state index is 11.9. The van der Waals surface area contributed by atoms with Crippen molar-refractivity contribution in [2.45, 2.75) is 6.42 Å². The maximum atomic E-state index is 11.9. The number of nitrogens with one attached hydrogen (secondary N) is 4. The van der Waals surface area contributed by atoms with Gasteiger partial charge in [0.1, 0.15) is 5.56 Å². The molecule has 0 radical (unpaired) electrons. The Balaban J connectivity index is 1.63. The van der Waals surface area contributed by atoms with E-state index in [1.807, 2.05) is 24.3 Å². The van der Waals surface area contributed by atoms with Crippen LogP contribution < -0.4 is 16.4 Å². The summed E-state index contributed by atoms with van der Waals surface area (Å²) < 4.78 is 0. The lowest BCUT2D eigenvalue weighted by Crippen LogP contribution is -2.43. The lowest BCUT2D eigenvalue weighted by atomic mass is 10.1. The average molecular weight is 310 g/mol. The second-order valence-corrected chi connectivity index (χ2v) is 4.95. The summed E-state index contributed by atoms with van der Waals surface area (Å²) in [5.41, 5.74) is 5.71. The van der Waals surface area contributed by atoms with Crippen LogP contribution in [0.3, 0.4) is 0 Å². The number of aromatic amines is 2. The fourth-order valence-corrected chi connectivity index (χ4v) is 2.29. The minimum absolute atomic E-state index is 0.0695. The molecule has 0 spiro atoms. The van der Waals surface area contributed by atoms with Gasteiger partial charge in [-0.2, -0.15) is 0 Å². The van der Waals surface area contributed by atoms with Gasteiger partial charge in [-0.3, -0.25) is 25.2 Å². The van der Waals surface area contributed by atoms with Crippen molar-refractivity contribution in [2.75, 3.05) is 0 Å². The predicted octanol–water partition coefficient (Wildman–Crippen LogP) is 0.860. The number of carbonyl (C=O) groups is 2. The Bertz CT molecular complexity index is 926. The second-order valence-electron chi connectivity index (χ2n) is 4.95. The van der Waals surface area contributed by atoms with Gasteiger partial charge in [0.2, 0.25) is 5.91 Å². The van der Waals surface area contributed by atoms with Crippen molar-refractivity contribution in [3.05, 3.63) is 70.3 Å². The summed E-state index contributed by atoms with van der Waals surface area (Å²) >= 11 is 0. The zero-order chi connectivity index (χ0) is 16.2. The molecule has 0 unspecified atom stereocenters. The molecule has 3 rings (SSSR count). The van der Waals surface area contributed by atoms with Gasteiger partial charge in [0.05, 0.1) is 6.42 Å². The lowest BCUT2D eigenvalue weighted by Gasteiger charge is -2.06. The molecule has 0 fully saturated rings. The molecule has 7 heteroatoms. The molecule has 2 heterocycles. The van der Waals surface area contributed by atoms with Crippen LogP contribution in [0.5, 0.6) is 0 Å². The number of pyridine rings is 1. The summed E-state index contributed by atoms with van der Waals surface area (Å²) in [6.07, 6.45) is 3.29. The number of fused-ring (bicyclic) bond motifs is 1. The van der Waals surface area contributed by atoms with E-state index in [0.29, 0.717) is 0 Å². The first-order valence-corrected chi connectivity index (χ1v) is 6.97. The first kappa shape index (κ1) is 14.6. The van der Waals surface area contributed by atoms with E-state index in [2.05, 4.69) is 20.8 Å². The molecule has 0 aliphatic rings. The highest BCUT2D eigenvalue weighted by Gasteiger charge is 2.12. The Morgan fingerprint density at radius 1 is 1.00 bits per heavy atom. The molecule has 0 saturated heterocycles. The van der Waals surface area contributed by atoms with Crippen molar-refractivity contribution in [1.29, 1.82) is 0 Å². The van der Waals surface area contributed by atoms with Crippen LogP contribution in [0.1, 0.15) is 15.9 Å². The number of benzene rings is 1. The van der Waals surface area contributed by atoms with Crippen LogP contribution in [0.4, 0.5) is 0 Å². The van der Waals surface area contributed by atoms with Gasteiger partial charge in [-0.15, -0.1) is 0 Å². The minimum Gasteiger partial charge on any atom is -0.361 e. The lowest BCUT2D eigenvalue weighted by molar-refractivity contribution is -0.121. The number of hydrogen-bond acceptors (Lipinski definition) is 3. The van der Waals surface area contributed by atoms with Gasteiger partial charge in [0.25, 0.3) is 11.5 Å². The van der Waals surface area contributed by atoms with Crippen molar-refractivity contribution in [3.8, 4) is 0 Å². The molecule has 3 aromatic rings. The van der Waals surface area contributed by atoms with E-state index in [0.717, 1.165) is 16.5 Å². The van der Waals surface area contributed by atoms with Crippen molar-refractivity contribution >= 4 is 22.7 Å². The van der Waals surface area contributed by atoms with Gasteiger partial charge in [0, 0.05) is 23.3 Å². The van der Waals surface area contributed by atoms with Gasteiger partial charge in [0.15, 0.2) is 0 Å². The largest absolute Gasteiger partial charge is 0.361 e. The van der Waals surface area contributed by atoms with Crippen LogP contribution in [0.25, 0.3) is 10.9 Å². The first-order chi connectivity index (χ1) is 11.1. The Hall–Kier alpha value is -3.35.